The lowest BCUT2D eigenvalue weighted by atomic mass is 10.1. The molecule has 2 nitrogen and oxygen atoms in total. The van der Waals surface area contributed by atoms with E-state index in [2.05, 4.69) is 46.7 Å². The van der Waals surface area contributed by atoms with Crippen LogP contribution < -0.4 is 5.32 Å². The van der Waals surface area contributed by atoms with Gasteiger partial charge in [0.1, 0.15) is 0 Å². The molecule has 0 aliphatic heterocycles. The number of nitrogens with one attached hydrogen (secondary N) is 1. The van der Waals surface area contributed by atoms with E-state index in [9.17, 15) is 0 Å². The van der Waals surface area contributed by atoms with E-state index in [4.69, 9.17) is 0 Å². The minimum Gasteiger partial charge on any atom is -0.311 e. The molecular formula is C16H18N2. The second kappa shape index (κ2) is 4.91. The van der Waals surface area contributed by atoms with Crippen LogP contribution in [0.2, 0.25) is 0 Å². The second-order valence-corrected chi connectivity index (χ2v) is 4.95. The first-order valence-corrected chi connectivity index (χ1v) is 6.59. The maximum absolute atomic E-state index is 4.55. The van der Waals surface area contributed by atoms with Crippen molar-refractivity contribution >= 4 is 17.0 Å². The summed E-state index contributed by atoms with van der Waals surface area (Å²) in [6.07, 6.45) is 7.09. The smallest absolute Gasteiger partial charge is 0.0711 e. The van der Waals surface area contributed by atoms with Gasteiger partial charge < -0.3 is 5.32 Å². The van der Waals surface area contributed by atoms with E-state index in [0.29, 0.717) is 0 Å². The van der Waals surface area contributed by atoms with Crippen molar-refractivity contribution in [1.29, 1.82) is 0 Å². The molecule has 1 N–H and O–H groups in total. The number of rotatable bonds is 4. The highest BCUT2D eigenvalue weighted by Crippen LogP contribution is 2.20. The summed E-state index contributed by atoms with van der Waals surface area (Å²) >= 11 is 0. The number of hydrogen-bond donors (Lipinski definition) is 1. The Kier molecular flexibility index (Phi) is 3.11. The highest BCUT2D eigenvalue weighted by Gasteiger charge is 2.18. The number of para-hydroxylation sites is 1. The molecule has 1 aromatic carbocycles. The molecule has 0 bridgehead atoms. The number of fused-ring (bicyclic) bond motifs is 1. The average molecular weight is 238 g/mol. The summed E-state index contributed by atoms with van der Waals surface area (Å²) in [5, 5.41) is 4.71. The van der Waals surface area contributed by atoms with Crippen LogP contribution in [0.5, 0.6) is 0 Å². The van der Waals surface area contributed by atoms with Gasteiger partial charge in [-0.15, -0.1) is 0 Å². The summed E-state index contributed by atoms with van der Waals surface area (Å²) in [5.74, 6) is 0. The van der Waals surface area contributed by atoms with Gasteiger partial charge in [0.15, 0.2) is 0 Å². The van der Waals surface area contributed by atoms with Gasteiger partial charge in [-0.1, -0.05) is 30.4 Å². The molecule has 1 aliphatic rings. The highest BCUT2D eigenvalue weighted by molar-refractivity contribution is 5.87. The van der Waals surface area contributed by atoms with Crippen LogP contribution in [-0.4, -0.2) is 17.6 Å². The number of nitrogens with zero attached hydrogens (tertiary/aromatic N) is 1. The molecule has 3 rings (SSSR count). The summed E-state index contributed by atoms with van der Waals surface area (Å²) in [5.41, 5.74) is 3.41. The van der Waals surface area contributed by atoms with Crippen molar-refractivity contribution in [2.45, 2.75) is 25.8 Å². The van der Waals surface area contributed by atoms with Crippen LogP contribution in [0.25, 0.3) is 17.0 Å². The first kappa shape index (κ1) is 11.4. The summed E-state index contributed by atoms with van der Waals surface area (Å²) in [6.45, 7) is 3.01. The fraction of sp³-hybridized carbons (Fsp3) is 0.312. The number of benzene rings is 1. The molecule has 1 aliphatic carbocycles. The third kappa shape index (κ3) is 2.59. The van der Waals surface area contributed by atoms with Crippen LogP contribution in [0, 0.1) is 6.92 Å². The third-order valence-electron chi connectivity index (χ3n) is 3.28. The SMILES string of the molecule is Cc1cc(C=CCNC2CC2)c2ccccc2n1. The van der Waals surface area contributed by atoms with Crippen molar-refractivity contribution in [3.05, 3.63) is 47.7 Å². The second-order valence-electron chi connectivity index (χ2n) is 4.95. The Hall–Kier alpha value is -1.67. The van der Waals surface area contributed by atoms with Gasteiger partial charge in [-0.05, 0) is 37.5 Å². The van der Waals surface area contributed by atoms with E-state index in [0.717, 1.165) is 23.8 Å². The number of hydrogen-bond acceptors (Lipinski definition) is 2. The van der Waals surface area contributed by atoms with Gasteiger partial charge >= 0.3 is 0 Å². The molecule has 1 heterocycles. The van der Waals surface area contributed by atoms with E-state index in [1.165, 1.54) is 23.8 Å². The van der Waals surface area contributed by atoms with Crippen molar-refractivity contribution in [1.82, 2.24) is 10.3 Å². The van der Waals surface area contributed by atoms with Crippen LogP contribution >= 0.6 is 0 Å². The molecule has 0 spiro atoms. The fourth-order valence-corrected chi connectivity index (χ4v) is 2.19. The lowest BCUT2D eigenvalue weighted by molar-refractivity contribution is 0.754. The first-order valence-electron chi connectivity index (χ1n) is 6.59. The predicted molar refractivity (Wildman–Crippen MR) is 76.5 cm³/mol. The lowest BCUT2D eigenvalue weighted by Gasteiger charge is -2.04. The third-order valence-corrected chi connectivity index (χ3v) is 3.28. The van der Waals surface area contributed by atoms with Crippen molar-refractivity contribution in [3.8, 4) is 0 Å². The normalized spacial score (nSPS) is 15.6. The van der Waals surface area contributed by atoms with Crippen LogP contribution in [0.1, 0.15) is 24.1 Å². The average Bonchev–Trinajstić information content (AvgIpc) is 3.18. The monoisotopic (exact) mass is 238 g/mol. The molecule has 92 valence electrons. The van der Waals surface area contributed by atoms with E-state index in [1.54, 1.807) is 0 Å². The van der Waals surface area contributed by atoms with E-state index < -0.39 is 0 Å². The van der Waals surface area contributed by atoms with Gasteiger partial charge in [0, 0.05) is 23.7 Å². The molecule has 0 atom stereocenters. The highest BCUT2D eigenvalue weighted by atomic mass is 14.9. The van der Waals surface area contributed by atoms with Gasteiger partial charge in [-0.3, -0.25) is 4.98 Å². The molecule has 0 unspecified atom stereocenters. The van der Waals surface area contributed by atoms with Crippen LogP contribution in [-0.2, 0) is 0 Å². The van der Waals surface area contributed by atoms with Crippen LogP contribution in [0.3, 0.4) is 0 Å². The standard InChI is InChI=1S/C16H18N2/c1-12-11-13(5-4-10-17-14-8-9-14)15-6-2-3-7-16(15)18-12/h2-7,11,14,17H,8-10H2,1H3. The summed E-state index contributed by atoms with van der Waals surface area (Å²) in [7, 11) is 0. The molecular weight excluding hydrogens is 220 g/mol. The Morgan fingerprint density at radius 3 is 3.00 bits per heavy atom. The van der Waals surface area contributed by atoms with Gasteiger partial charge in [-0.25, -0.2) is 0 Å². The van der Waals surface area contributed by atoms with Crippen molar-refractivity contribution in [2.24, 2.45) is 0 Å². The summed E-state index contributed by atoms with van der Waals surface area (Å²) < 4.78 is 0. The Labute approximate surface area is 108 Å². The minimum atomic E-state index is 0.769. The molecule has 18 heavy (non-hydrogen) atoms. The van der Waals surface area contributed by atoms with E-state index in [-0.39, 0.29) is 0 Å². The topological polar surface area (TPSA) is 24.9 Å². The van der Waals surface area contributed by atoms with Crippen molar-refractivity contribution in [2.75, 3.05) is 6.54 Å². The largest absolute Gasteiger partial charge is 0.311 e. The van der Waals surface area contributed by atoms with E-state index >= 15 is 0 Å². The molecule has 1 aromatic heterocycles. The maximum Gasteiger partial charge on any atom is 0.0711 e. The molecule has 2 heteroatoms. The Balaban J connectivity index is 1.84. The number of pyridine rings is 1. The molecule has 0 radical (unpaired) electrons. The minimum absolute atomic E-state index is 0.769. The molecule has 1 fully saturated rings. The Morgan fingerprint density at radius 2 is 2.17 bits per heavy atom. The summed E-state index contributed by atoms with van der Waals surface area (Å²) in [6, 6.07) is 11.2. The van der Waals surface area contributed by atoms with Crippen molar-refractivity contribution < 1.29 is 0 Å². The fourth-order valence-electron chi connectivity index (χ4n) is 2.19. The zero-order valence-electron chi connectivity index (χ0n) is 10.7. The maximum atomic E-state index is 4.55. The molecule has 1 saturated carbocycles. The van der Waals surface area contributed by atoms with Gasteiger partial charge in [0.2, 0.25) is 0 Å². The van der Waals surface area contributed by atoms with Crippen LogP contribution in [0.4, 0.5) is 0 Å². The molecule has 2 aromatic rings. The zero-order valence-corrected chi connectivity index (χ0v) is 10.7. The van der Waals surface area contributed by atoms with Gasteiger partial charge in [0.05, 0.1) is 5.52 Å². The first-order chi connectivity index (χ1) is 8.83. The quantitative estimate of drug-likeness (QED) is 0.884. The zero-order chi connectivity index (χ0) is 12.4. The Morgan fingerprint density at radius 1 is 1.33 bits per heavy atom. The Bertz CT molecular complexity index is 583. The lowest BCUT2D eigenvalue weighted by Crippen LogP contribution is -2.15. The van der Waals surface area contributed by atoms with Gasteiger partial charge in [-0.2, -0.15) is 0 Å². The molecule has 0 amide bonds. The number of aromatic nitrogens is 1. The summed E-state index contributed by atoms with van der Waals surface area (Å²) in [4.78, 5) is 4.55. The van der Waals surface area contributed by atoms with Crippen molar-refractivity contribution in [3.63, 3.8) is 0 Å². The van der Waals surface area contributed by atoms with E-state index in [1.807, 2.05) is 13.0 Å². The van der Waals surface area contributed by atoms with Gasteiger partial charge in [0.25, 0.3) is 0 Å². The predicted octanol–water partition coefficient (Wildman–Crippen LogP) is 3.31. The number of aryl methyl sites for hydroxylation is 1. The van der Waals surface area contributed by atoms with Crippen LogP contribution in [0.15, 0.2) is 36.4 Å². The molecule has 0 saturated heterocycles.